The van der Waals surface area contributed by atoms with E-state index in [1.165, 1.54) is 0 Å². The van der Waals surface area contributed by atoms with Crippen LogP contribution in [0.25, 0.3) is 0 Å². The van der Waals surface area contributed by atoms with Gasteiger partial charge in [0.05, 0.1) is 12.0 Å². The molecule has 0 spiro atoms. The predicted molar refractivity (Wildman–Crippen MR) is 75.5 cm³/mol. The van der Waals surface area contributed by atoms with Gasteiger partial charge in [-0.15, -0.1) is 0 Å². The summed E-state index contributed by atoms with van der Waals surface area (Å²) in [5.74, 6) is -0.702. The summed E-state index contributed by atoms with van der Waals surface area (Å²) in [6.07, 6.45) is 2.20. The molecule has 0 saturated heterocycles. The van der Waals surface area contributed by atoms with Gasteiger partial charge in [-0.3, -0.25) is 9.69 Å². The lowest BCUT2D eigenvalue weighted by molar-refractivity contribution is -0.151. The van der Waals surface area contributed by atoms with Crippen LogP contribution in [0.5, 0.6) is 0 Å². The summed E-state index contributed by atoms with van der Waals surface area (Å²) in [4.78, 5) is 13.7. The van der Waals surface area contributed by atoms with Gasteiger partial charge in [0.25, 0.3) is 0 Å². The Kier molecular flexibility index (Phi) is 9.83. The van der Waals surface area contributed by atoms with Crippen LogP contribution in [-0.4, -0.2) is 63.0 Å². The van der Waals surface area contributed by atoms with E-state index < -0.39 is 11.4 Å². The van der Waals surface area contributed by atoms with E-state index in [1.54, 1.807) is 14.2 Å². The van der Waals surface area contributed by atoms with Crippen LogP contribution in [0.1, 0.15) is 33.1 Å². The second-order valence-corrected chi connectivity index (χ2v) is 4.91. The van der Waals surface area contributed by atoms with Crippen LogP contribution in [0.2, 0.25) is 0 Å². The monoisotopic (exact) mass is 275 g/mol. The Balaban J connectivity index is 4.59. The molecule has 0 aromatic heterocycles. The number of carboxylic acids is 1. The molecular weight excluding hydrogens is 246 g/mol. The van der Waals surface area contributed by atoms with Crippen LogP contribution in [0.4, 0.5) is 0 Å². The number of aliphatic carboxylic acids is 1. The van der Waals surface area contributed by atoms with Crippen LogP contribution in [0.15, 0.2) is 0 Å². The van der Waals surface area contributed by atoms with Crippen LogP contribution in [0, 0.1) is 5.41 Å². The Morgan fingerprint density at radius 1 is 1.11 bits per heavy atom. The van der Waals surface area contributed by atoms with E-state index in [2.05, 4.69) is 4.90 Å². The Hall–Kier alpha value is -0.650. The minimum Gasteiger partial charge on any atom is -0.481 e. The zero-order chi connectivity index (χ0) is 14.7. The molecule has 5 nitrogen and oxygen atoms in total. The highest BCUT2D eigenvalue weighted by Crippen LogP contribution is 2.28. The Morgan fingerprint density at radius 2 is 1.68 bits per heavy atom. The fourth-order valence-corrected chi connectivity index (χ4v) is 2.19. The molecule has 5 heteroatoms. The third-order valence-electron chi connectivity index (χ3n) is 3.77. The van der Waals surface area contributed by atoms with E-state index in [4.69, 9.17) is 9.47 Å². The van der Waals surface area contributed by atoms with Crippen molar-refractivity contribution in [3.63, 3.8) is 0 Å². The minimum absolute atomic E-state index is 0.572. The van der Waals surface area contributed by atoms with Crippen molar-refractivity contribution in [2.24, 2.45) is 5.41 Å². The quantitative estimate of drug-likeness (QED) is 0.551. The van der Waals surface area contributed by atoms with Gasteiger partial charge in [-0.25, -0.2) is 0 Å². The summed E-state index contributed by atoms with van der Waals surface area (Å²) in [7, 11) is 3.34. The number of hydrogen-bond donors (Lipinski definition) is 1. The standard InChI is InChI=1S/C14H29NO4/c1-5-14(6-2,13(16)17)12-15(9-11-19-4)8-7-10-18-3/h5-12H2,1-4H3,(H,16,17). The molecule has 0 aromatic carbocycles. The summed E-state index contributed by atoms with van der Waals surface area (Å²) in [6.45, 7) is 7.38. The van der Waals surface area contributed by atoms with Gasteiger partial charge in [0.15, 0.2) is 0 Å². The number of carbonyl (C=O) groups is 1. The zero-order valence-electron chi connectivity index (χ0n) is 12.8. The molecule has 0 bridgehead atoms. The normalized spacial score (nSPS) is 12.1. The predicted octanol–water partition coefficient (Wildman–Crippen LogP) is 1.86. The molecule has 0 aliphatic rings. The van der Waals surface area contributed by atoms with E-state index in [1.807, 2.05) is 13.8 Å². The van der Waals surface area contributed by atoms with Crippen LogP contribution in [0.3, 0.4) is 0 Å². The highest BCUT2D eigenvalue weighted by atomic mass is 16.5. The first-order valence-electron chi connectivity index (χ1n) is 7.00. The molecule has 0 amide bonds. The second kappa shape index (κ2) is 10.2. The number of nitrogens with zero attached hydrogens (tertiary/aromatic N) is 1. The lowest BCUT2D eigenvalue weighted by atomic mass is 9.82. The zero-order valence-corrected chi connectivity index (χ0v) is 12.8. The smallest absolute Gasteiger partial charge is 0.310 e. The van der Waals surface area contributed by atoms with Crippen molar-refractivity contribution < 1.29 is 19.4 Å². The lowest BCUT2D eigenvalue weighted by Gasteiger charge is -2.33. The van der Waals surface area contributed by atoms with Gasteiger partial charge in [0, 0.05) is 40.5 Å². The molecule has 0 rings (SSSR count). The maximum absolute atomic E-state index is 11.5. The molecule has 0 aliphatic carbocycles. The molecule has 0 heterocycles. The lowest BCUT2D eigenvalue weighted by Crippen LogP contribution is -2.44. The molecule has 1 N–H and O–H groups in total. The SMILES string of the molecule is CCC(CC)(CN(CCCOC)CCOC)C(=O)O. The molecule has 0 saturated carbocycles. The number of ether oxygens (including phenoxy) is 2. The maximum Gasteiger partial charge on any atom is 0.310 e. The number of carboxylic acid groups (broad SMARTS) is 1. The summed E-state index contributed by atoms with van der Waals surface area (Å²) < 4.78 is 10.2. The van der Waals surface area contributed by atoms with E-state index in [9.17, 15) is 9.90 Å². The van der Waals surface area contributed by atoms with E-state index >= 15 is 0 Å². The van der Waals surface area contributed by atoms with Crippen molar-refractivity contribution in [3.8, 4) is 0 Å². The van der Waals surface area contributed by atoms with Gasteiger partial charge in [0.2, 0.25) is 0 Å². The summed E-state index contributed by atoms with van der Waals surface area (Å²) in [5, 5.41) is 9.49. The Bertz CT molecular complexity index is 242. The number of hydrogen-bond acceptors (Lipinski definition) is 4. The van der Waals surface area contributed by atoms with Gasteiger partial charge in [-0.05, 0) is 19.3 Å². The van der Waals surface area contributed by atoms with Crippen molar-refractivity contribution in [1.29, 1.82) is 0 Å². The van der Waals surface area contributed by atoms with Crippen molar-refractivity contribution in [2.75, 3.05) is 47.1 Å². The number of methoxy groups -OCH3 is 2. The van der Waals surface area contributed by atoms with Crippen molar-refractivity contribution in [2.45, 2.75) is 33.1 Å². The minimum atomic E-state index is -0.702. The summed E-state index contributed by atoms with van der Waals surface area (Å²) in [6, 6.07) is 0. The van der Waals surface area contributed by atoms with Gasteiger partial charge in [-0.2, -0.15) is 0 Å². The second-order valence-electron chi connectivity index (χ2n) is 4.91. The van der Waals surface area contributed by atoms with Crippen LogP contribution < -0.4 is 0 Å². The van der Waals surface area contributed by atoms with Crippen molar-refractivity contribution >= 4 is 5.97 Å². The third-order valence-corrected chi connectivity index (χ3v) is 3.77. The molecule has 0 aliphatic heterocycles. The molecule has 0 radical (unpaired) electrons. The van der Waals surface area contributed by atoms with Crippen LogP contribution in [-0.2, 0) is 14.3 Å². The van der Waals surface area contributed by atoms with Gasteiger partial charge in [-0.1, -0.05) is 13.8 Å². The van der Waals surface area contributed by atoms with E-state index in [0.717, 1.165) is 19.5 Å². The Morgan fingerprint density at radius 3 is 2.11 bits per heavy atom. The Labute approximate surface area is 116 Å². The summed E-state index contributed by atoms with van der Waals surface area (Å²) >= 11 is 0. The fourth-order valence-electron chi connectivity index (χ4n) is 2.19. The molecule has 0 unspecified atom stereocenters. The van der Waals surface area contributed by atoms with E-state index in [-0.39, 0.29) is 0 Å². The first-order valence-corrected chi connectivity index (χ1v) is 7.00. The first kappa shape index (κ1) is 18.4. The van der Waals surface area contributed by atoms with Gasteiger partial charge < -0.3 is 14.6 Å². The molecule has 0 fully saturated rings. The maximum atomic E-state index is 11.5. The third kappa shape index (κ3) is 6.36. The van der Waals surface area contributed by atoms with E-state index in [0.29, 0.717) is 32.6 Å². The summed E-state index contributed by atoms with van der Waals surface area (Å²) in [5.41, 5.74) is -0.652. The topological polar surface area (TPSA) is 59.0 Å². The average molecular weight is 275 g/mol. The highest BCUT2D eigenvalue weighted by Gasteiger charge is 2.36. The highest BCUT2D eigenvalue weighted by molar-refractivity contribution is 5.74. The molecular formula is C14H29NO4. The molecule has 0 aromatic rings. The van der Waals surface area contributed by atoms with Gasteiger partial charge >= 0.3 is 5.97 Å². The average Bonchev–Trinajstić information content (AvgIpc) is 2.41. The molecule has 0 atom stereocenters. The van der Waals surface area contributed by atoms with Crippen molar-refractivity contribution in [3.05, 3.63) is 0 Å². The van der Waals surface area contributed by atoms with Crippen molar-refractivity contribution in [1.82, 2.24) is 4.90 Å². The fraction of sp³-hybridized carbons (Fsp3) is 0.929. The van der Waals surface area contributed by atoms with Crippen LogP contribution >= 0.6 is 0 Å². The first-order chi connectivity index (χ1) is 9.06. The largest absolute Gasteiger partial charge is 0.481 e. The number of rotatable bonds is 12. The molecule has 114 valence electrons. The van der Waals surface area contributed by atoms with Gasteiger partial charge in [0.1, 0.15) is 0 Å². The molecule has 19 heavy (non-hydrogen) atoms.